The molecule has 0 aromatic heterocycles. The Morgan fingerprint density at radius 3 is 2.88 bits per heavy atom. The van der Waals surface area contributed by atoms with Crippen LogP contribution in [0, 0.1) is 0 Å². The molecule has 1 amide bonds. The molecule has 0 unspecified atom stereocenters. The average molecular weight is 219 g/mol. The van der Waals surface area contributed by atoms with Gasteiger partial charge in [-0.1, -0.05) is 18.2 Å². The van der Waals surface area contributed by atoms with Crippen LogP contribution in [0.3, 0.4) is 0 Å². The Morgan fingerprint density at radius 2 is 2.12 bits per heavy atom. The van der Waals surface area contributed by atoms with E-state index in [2.05, 4.69) is 6.07 Å². The minimum absolute atomic E-state index is 0.117. The van der Waals surface area contributed by atoms with Gasteiger partial charge >= 0.3 is 0 Å². The predicted molar refractivity (Wildman–Crippen MR) is 63.4 cm³/mol. The summed E-state index contributed by atoms with van der Waals surface area (Å²) in [5.41, 5.74) is 2.17. The second-order valence-corrected chi connectivity index (χ2v) is 4.34. The molecule has 0 saturated heterocycles. The molecule has 1 aromatic rings. The third-order valence-corrected chi connectivity index (χ3v) is 2.87. The molecule has 0 bridgehead atoms. The third kappa shape index (κ3) is 2.25. The molecule has 1 aliphatic rings. The topological polar surface area (TPSA) is 40.5 Å². The van der Waals surface area contributed by atoms with Crippen molar-refractivity contribution in [3.05, 3.63) is 29.8 Å². The SMILES string of the molecule is C[C@H](O)CN1C(=O)CCCc2ccccc21. The summed E-state index contributed by atoms with van der Waals surface area (Å²) in [5.74, 6) is 0.117. The van der Waals surface area contributed by atoms with E-state index in [0.717, 1.165) is 18.5 Å². The number of hydrogen-bond donors (Lipinski definition) is 1. The number of hydrogen-bond acceptors (Lipinski definition) is 2. The van der Waals surface area contributed by atoms with Gasteiger partial charge in [-0.05, 0) is 31.4 Å². The number of aliphatic hydroxyl groups excluding tert-OH is 1. The first kappa shape index (κ1) is 11.1. The second kappa shape index (κ2) is 4.66. The number of β-amino-alcohol motifs (C(OH)–C–C–N with tert-alkyl or cyclic N) is 1. The van der Waals surface area contributed by atoms with Crippen LogP contribution in [0.1, 0.15) is 25.3 Å². The van der Waals surface area contributed by atoms with Crippen molar-refractivity contribution >= 4 is 11.6 Å². The van der Waals surface area contributed by atoms with Gasteiger partial charge in [0.2, 0.25) is 5.91 Å². The van der Waals surface area contributed by atoms with Crippen LogP contribution >= 0.6 is 0 Å². The van der Waals surface area contributed by atoms with Gasteiger partial charge in [0.05, 0.1) is 12.6 Å². The van der Waals surface area contributed by atoms with Gasteiger partial charge in [-0.2, -0.15) is 0 Å². The number of fused-ring (bicyclic) bond motifs is 1. The van der Waals surface area contributed by atoms with Crippen molar-refractivity contribution in [3.63, 3.8) is 0 Å². The zero-order chi connectivity index (χ0) is 11.5. The van der Waals surface area contributed by atoms with Crippen molar-refractivity contribution in [2.45, 2.75) is 32.3 Å². The van der Waals surface area contributed by atoms with Gasteiger partial charge in [0.15, 0.2) is 0 Å². The first-order valence-electron chi connectivity index (χ1n) is 5.75. The number of nitrogens with zero attached hydrogens (tertiary/aromatic N) is 1. The monoisotopic (exact) mass is 219 g/mol. The fraction of sp³-hybridized carbons (Fsp3) is 0.462. The number of carbonyl (C=O) groups excluding carboxylic acids is 1. The molecule has 0 fully saturated rings. The van der Waals surface area contributed by atoms with E-state index in [-0.39, 0.29) is 5.91 Å². The lowest BCUT2D eigenvalue weighted by atomic mass is 10.1. The summed E-state index contributed by atoms with van der Waals surface area (Å²) in [7, 11) is 0. The first-order valence-corrected chi connectivity index (χ1v) is 5.75. The molecule has 1 N–H and O–H groups in total. The molecule has 86 valence electrons. The molecular weight excluding hydrogens is 202 g/mol. The summed E-state index contributed by atoms with van der Waals surface area (Å²) in [6.07, 6.45) is 1.92. The molecule has 3 nitrogen and oxygen atoms in total. The minimum atomic E-state index is -0.491. The number of anilines is 1. The largest absolute Gasteiger partial charge is 0.392 e. The molecule has 16 heavy (non-hydrogen) atoms. The number of para-hydroxylation sites is 1. The summed E-state index contributed by atoms with van der Waals surface area (Å²) < 4.78 is 0. The lowest BCUT2D eigenvalue weighted by Gasteiger charge is -2.24. The van der Waals surface area contributed by atoms with Crippen LogP contribution in [-0.2, 0) is 11.2 Å². The highest BCUT2D eigenvalue weighted by Gasteiger charge is 2.22. The Hall–Kier alpha value is -1.35. The summed E-state index contributed by atoms with van der Waals surface area (Å²) in [6, 6.07) is 7.95. The van der Waals surface area contributed by atoms with E-state index in [1.807, 2.05) is 18.2 Å². The van der Waals surface area contributed by atoms with E-state index in [9.17, 15) is 9.90 Å². The highest BCUT2D eigenvalue weighted by molar-refractivity contribution is 5.94. The number of rotatable bonds is 2. The molecular formula is C13H17NO2. The quantitative estimate of drug-likeness (QED) is 0.823. The van der Waals surface area contributed by atoms with Crippen LogP contribution in [0.25, 0.3) is 0 Å². The van der Waals surface area contributed by atoms with Crippen LogP contribution < -0.4 is 4.90 Å². The molecule has 0 aliphatic carbocycles. The van der Waals surface area contributed by atoms with Crippen LogP contribution in [0.5, 0.6) is 0 Å². The molecule has 2 rings (SSSR count). The standard InChI is InChI=1S/C13H17NO2/c1-10(15)9-14-12-7-3-2-5-11(12)6-4-8-13(14)16/h2-3,5,7,10,15H,4,6,8-9H2,1H3/t10-/m0/s1. The Morgan fingerprint density at radius 1 is 1.38 bits per heavy atom. The minimum Gasteiger partial charge on any atom is -0.392 e. The fourth-order valence-corrected chi connectivity index (χ4v) is 2.15. The van der Waals surface area contributed by atoms with Crippen LogP contribution in [0.2, 0.25) is 0 Å². The van der Waals surface area contributed by atoms with Gasteiger partial charge in [0, 0.05) is 12.1 Å². The molecule has 1 aliphatic heterocycles. The molecule has 0 saturated carbocycles. The van der Waals surface area contributed by atoms with E-state index in [4.69, 9.17) is 0 Å². The maximum Gasteiger partial charge on any atom is 0.227 e. The number of aliphatic hydroxyl groups is 1. The molecule has 1 aromatic carbocycles. The van der Waals surface area contributed by atoms with Gasteiger partial charge in [-0.3, -0.25) is 4.79 Å². The van der Waals surface area contributed by atoms with Crippen molar-refractivity contribution in [1.29, 1.82) is 0 Å². The van der Waals surface area contributed by atoms with Gasteiger partial charge in [0.25, 0.3) is 0 Å². The number of aryl methyl sites for hydroxylation is 1. The molecule has 0 spiro atoms. The Bertz CT molecular complexity index is 387. The van der Waals surface area contributed by atoms with Crippen molar-refractivity contribution in [1.82, 2.24) is 0 Å². The van der Waals surface area contributed by atoms with Crippen molar-refractivity contribution in [2.24, 2.45) is 0 Å². The summed E-state index contributed by atoms with van der Waals surface area (Å²) in [5, 5.41) is 9.45. The van der Waals surface area contributed by atoms with Crippen molar-refractivity contribution in [3.8, 4) is 0 Å². The molecule has 1 heterocycles. The van der Waals surface area contributed by atoms with E-state index in [0.29, 0.717) is 13.0 Å². The molecule has 3 heteroatoms. The number of benzene rings is 1. The first-order chi connectivity index (χ1) is 7.68. The van der Waals surface area contributed by atoms with Gasteiger partial charge in [-0.15, -0.1) is 0 Å². The molecule has 1 atom stereocenters. The van der Waals surface area contributed by atoms with Crippen LogP contribution in [0.4, 0.5) is 5.69 Å². The number of amides is 1. The zero-order valence-corrected chi connectivity index (χ0v) is 9.52. The Balaban J connectivity index is 2.36. The lowest BCUT2D eigenvalue weighted by Crippen LogP contribution is -2.36. The van der Waals surface area contributed by atoms with E-state index in [1.54, 1.807) is 11.8 Å². The maximum atomic E-state index is 11.9. The van der Waals surface area contributed by atoms with Crippen molar-refractivity contribution < 1.29 is 9.90 Å². The van der Waals surface area contributed by atoms with Gasteiger partial charge in [-0.25, -0.2) is 0 Å². The second-order valence-electron chi connectivity index (χ2n) is 4.34. The van der Waals surface area contributed by atoms with Crippen LogP contribution in [0.15, 0.2) is 24.3 Å². The summed E-state index contributed by atoms with van der Waals surface area (Å²) in [6.45, 7) is 2.09. The number of carbonyl (C=O) groups is 1. The summed E-state index contributed by atoms with van der Waals surface area (Å²) in [4.78, 5) is 13.6. The predicted octanol–water partition coefficient (Wildman–Crippen LogP) is 1.74. The lowest BCUT2D eigenvalue weighted by molar-refractivity contribution is -0.118. The van der Waals surface area contributed by atoms with E-state index < -0.39 is 6.10 Å². The molecule has 0 radical (unpaired) electrons. The normalized spacial score (nSPS) is 17.9. The van der Waals surface area contributed by atoms with E-state index in [1.165, 1.54) is 5.56 Å². The van der Waals surface area contributed by atoms with Crippen LogP contribution in [-0.4, -0.2) is 23.7 Å². The maximum absolute atomic E-state index is 11.9. The summed E-state index contributed by atoms with van der Waals surface area (Å²) >= 11 is 0. The zero-order valence-electron chi connectivity index (χ0n) is 9.52. The van der Waals surface area contributed by atoms with Gasteiger partial charge < -0.3 is 10.0 Å². The third-order valence-electron chi connectivity index (χ3n) is 2.87. The van der Waals surface area contributed by atoms with Crippen molar-refractivity contribution in [2.75, 3.05) is 11.4 Å². The Labute approximate surface area is 95.7 Å². The van der Waals surface area contributed by atoms with Gasteiger partial charge in [0.1, 0.15) is 0 Å². The highest BCUT2D eigenvalue weighted by Crippen LogP contribution is 2.26. The van der Waals surface area contributed by atoms with E-state index >= 15 is 0 Å². The highest BCUT2D eigenvalue weighted by atomic mass is 16.3. The fourth-order valence-electron chi connectivity index (χ4n) is 2.15. The smallest absolute Gasteiger partial charge is 0.227 e. The average Bonchev–Trinajstić information content (AvgIpc) is 2.40. The Kier molecular flexibility index (Phi) is 3.25.